The van der Waals surface area contributed by atoms with Gasteiger partial charge in [0, 0.05) is 25.8 Å². The smallest absolute Gasteiger partial charge is 0.366 e. The zero-order valence-corrected chi connectivity index (χ0v) is 9.81. The van der Waals surface area contributed by atoms with Gasteiger partial charge < -0.3 is 4.74 Å². The van der Waals surface area contributed by atoms with Crippen molar-refractivity contribution in [1.29, 1.82) is 0 Å². The van der Waals surface area contributed by atoms with Gasteiger partial charge >= 0.3 is 12.2 Å². The molecule has 1 N–H and O–H groups in total. The number of carbonyl (C=O) groups is 2. The summed E-state index contributed by atoms with van der Waals surface area (Å²) in [6, 6.07) is -0.753. The van der Waals surface area contributed by atoms with Gasteiger partial charge in [-0.1, -0.05) is 0 Å². The van der Waals surface area contributed by atoms with Crippen LogP contribution in [0.5, 0.6) is 0 Å². The van der Waals surface area contributed by atoms with E-state index in [4.69, 9.17) is 0 Å². The van der Waals surface area contributed by atoms with Gasteiger partial charge in [-0.05, 0) is 0 Å². The summed E-state index contributed by atoms with van der Waals surface area (Å²) in [7, 11) is 0. The van der Waals surface area contributed by atoms with Crippen LogP contribution in [0.1, 0.15) is 0 Å². The molecule has 2 rings (SSSR count). The number of rotatable bonds is 2. The van der Waals surface area contributed by atoms with Crippen molar-refractivity contribution in [2.45, 2.75) is 12.3 Å². The predicted octanol–water partition coefficient (Wildman–Crippen LogP) is 0.186. The Bertz CT molecular complexity index is 411. The van der Waals surface area contributed by atoms with Crippen molar-refractivity contribution < 1.29 is 27.5 Å². The van der Waals surface area contributed by atoms with E-state index < -0.39 is 30.1 Å². The molecule has 0 aromatic carbocycles. The maximum absolute atomic E-state index is 12.5. The number of hydrogen-bond donors (Lipinski definition) is 1. The molecule has 0 saturated carbocycles. The lowest BCUT2D eigenvalue weighted by Gasteiger charge is -2.35. The SMILES string of the molecule is O=C1N=CC(CN2CCOC(C(F)(F)F)C2)C(=O)N1. The highest BCUT2D eigenvalue weighted by atomic mass is 19.4. The summed E-state index contributed by atoms with van der Waals surface area (Å²) in [6.07, 6.45) is -5.09. The third-order valence-electron chi connectivity index (χ3n) is 2.91. The molecule has 1 fully saturated rings. The van der Waals surface area contributed by atoms with Gasteiger partial charge in [-0.15, -0.1) is 0 Å². The second kappa shape index (κ2) is 5.25. The number of nitrogens with one attached hydrogen (secondary N) is 1. The first kappa shape index (κ1) is 13.9. The van der Waals surface area contributed by atoms with Crippen LogP contribution in [0.2, 0.25) is 0 Å². The van der Waals surface area contributed by atoms with Crippen LogP contribution >= 0.6 is 0 Å². The zero-order valence-electron chi connectivity index (χ0n) is 9.81. The Morgan fingerprint density at radius 1 is 1.47 bits per heavy atom. The standard InChI is InChI=1S/C10H12F3N3O3/c11-10(12,13)7-5-16(1-2-19-7)4-6-3-14-9(18)15-8(6)17/h3,6-7H,1-2,4-5H2,(H,15,17,18). The quantitative estimate of drug-likeness (QED) is 0.783. The Balaban J connectivity index is 1.94. The number of carbonyl (C=O) groups excluding carboxylic acids is 2. The molecule has 1 saturated heterocycles. The molecule has 2 heterocycles. The summed E-state index contributed by atoms with van der Waals surface area (Å²) in [5.41, 5.74) is 0. The summed E-state index contributed by atoms with van der Waals surface area (Å²) in [4.78, 5) is 27.1. The number of ether oxygens (including phenoxy) is 1. The minimum atomic E-state index is -4.42. The Morgan fingerprint density at radius 2 is 2.21 bits per heavy atom. The van der Waals surface area contributed by atoms with E-state index in [0.29, 0.717) is 6.54 Å². The topological polar surface area (TPSA) is 71.0 Å². The molecule has 106 valence electrons. The molecule has 0 bridgehead atoms. The summed E-state index contributed by atoms with van der Waals surface area (Å²) in [6.45, 7) is 0.0142. The van der Waals surface area contributed by atoms with Crippen LogP contribution in [0.15, 0.2) is 4.99 Å². The number of urea groups is 1. The Hall–Kier alpha value is -1.48. The van der Waals surface area contributed by atoms with E-state index in [9.17, 15) is 22.8 Å². The summed E-state index contributed by atoms with van der Waals surface area (Å²) in [5.74, 6) is -1.26. The van der Waals surface area contributed by atoms with E-state index in [-0.39, 0.29) is 19.7 Å². The fraction of sp³-hybridized carbons (Fsp3) is 0.700. The van der Waals surface area contributed by atoms with E-state index in [0.717, 1.165) is 0 Å². The van der Waals surface area contributed by atoms with Crippen molar-refractivity contribution in [3.05, 3.63) is 0 Å². The van der Waals surface area contributed by atoms with Gasteiger partial charge in [-0.3, -0.25) is 15.0 Å². The van der Waals surface area contributed by atoms with Crippen LogP contribution in [0.4, 0.5) is 18.0 Å². The van der Waals surface area contributed by atoms with E-state index >= 15 is 0 Å². The van der Waals surface area contributed by atoms with Crippen LogP contribution in [0, 0.1) is 5.92 Å². The fourth-order valence-corrected chi connectivity index (χ4v) is 1.93. The highest BCUT2D eigenvalue weighted by Gasteiger charge is 2.43. The lowest BCUT2D eigenvalue weighted by molar-refractivity contribution is -0.237. The fourth-order valence-electron chi connectivity index (χ4n) is 1.93. The maximum atomic E-state index is 12.5. The lowest BCUT2D eigenvalue weighted by Crippen LogP contribution is -2.52. The van der Waals surface area contributed by atoms with Crippen LogP contribution in [0.25, 0.3) is 0 Å². The average molecular weight is 279 g/mol. The van der Waals surface area contributed by atoms with E-state index in [1.165, 1.54) is 11.1 Å². The Labute approximate surface area is 106 Å². The van der Waals surface area contributed by atoms with Crippen LogP contribution in [0.3, 0.4) is 0 Å². The second-order valence-corrected chi connectivity index (χ2v) is 4.34. The molecule has 3 amide bonds. The molecule has 2 unspecified atom stereocenters. The van der Waals surface area contributed by atoms with E-state index in [2.05, 4.69) is 9.73 Å². The third kappa shape index (κ3) is 3.51. The number of aliphatic imine (C=N–C) groups is 1. The molecule has 0 radical (unpaired) electrons. The molecule has 2 atom stereocenters. The zero-order chi connectivity index (χ0) is 14.0. The average Bonchev–Trinajstić information content (AvgIpc) is 2.32. The van der Waals surface area contributed by atoms with Crippen molar-refractivity contribution in [1.82, 2.24) is 10.2 Å². The number of imide groups is 1. The predicted molar refractivity (Wildman–Crippen MR) is 57.8 cm³/mol. The molecule has 0 spiro atoms. The molecule has 2 aliphatic heterocycles. The monoisotopic (exact) mass is 279 g/mol. The van der Waals surface area contributed by atoms with Crippen molar-refractivity contribution in [3.63, 3.8) is 0 Å². The Morgan fingerprint density at radius 3 is 2.84 bits per heavy atom. The first-order chi connectivity index (χ1) is 8.86. The third-order valence-corrected chi connectivity index (χ3v) is 2.91. The van der Waals surface area contributed by atoms with E-state index in [1.807, 2.05) is 5.32 Å². The first-order valence-corrected chi connectivity index (χ1v) is 5.66. The summed E-state index contributed by atoms with van der Waals surface area (Å²) >= 11 is 0. The molecule has 0 aromatic rings. The minimum absolute atomic E-state index is 0.0470. The number of hydrogen-bond acceptors (Lipinski definition) is 4. The van der Waals surface area contributed by atoms with Gasteiger partial charge in [0.05, 0.1) is 12.5 Å². The normalized spacial score (nSPS) is 29.4. The van der Waals surface area contributed by atoms with Crippen molar-refractivity contribution in [2.24, 2.45) is 10.9 Å². The Kier molecular flexibility index (Phi) is 3.85. The largest absolute Gasteiger partial charge is 0.415 e. The number of nitrogens with zero attached hydrogens (tertiary/aromatic N) is 2. The molecule has 0 aromatic heterocycles. The molecule has 2 aliphatic rings. The number of amides is 3. The van der Waals surface area contributed by atoms with Crippen molar-refractivity contribution in [3.8, 4) is 0 Å². The minimum Gasteiger partial charge on any atom is -0.366 e. The summed E-state index contributed by atoms with van der Waals surface area (Å²) in [5, 5.41) is 2.00. The molecule has 0 aliphatic carbocycles. The highest BCUT2D eigenvalue weighted by Crippen LogP contribution is 2.25. The van der Waals surface area contributed by atoms with Gasteiger partial charge in [0.1, 0.15) is 0 Å². The summed E-state index contributed by atoms with van der Waals surface area (Å²) < 4.78 is 42.2. The van der Waals surface area contributed by atoms with E-state index in [1.54, 1.807) is 0 Å². The van der Waals surface area contributed by atoms with Crippen LogP contribution < -0.4 is 5.32 Å². The molecule has 19 heavy (non-hydrogen) atoms. The van der Waals surface area contributed by atoms with Crippen LogP contribution in [-0.2, 0) is 9.53 Å². The maximum Gasteiger partial charge on any atom is 0.415 e. The van der Waals surface area contributed by atoms with Crippen molar-refractivity contribution in [2.75, 3.05) is 26.2 Å². The van der Waals surface area contributed by atoms with Gasteiger partial charge in [0.25, 0.3) is 0 Å². The van der Waals surface area contributed by atoms with Crippen LogP contribution in [-0.4, -0.2) is 61.6 Å². The molecular formula is C10H12F3N3O3. The molecule has 6 nitrogen and oxygen atoms in total. The number of morpholine rings is 1. The first-order valence-electron chi connectivity index (χ1n) is 5.66. The number of halogens is 3. The lowest BCUT2D eigenvalue weighted by atomic mass is 10.1. The number of alkyl halides is 3. The van der Waals surface area contributed by atoms with Gasteiger partial charge in [-0.2, -0.15) is 13.2 Å². The van der Waals surface area contributed by atoms with Crippen molar-refractivity contribution >= 4 is 18.2 Å². The molecule has 9 heteroatoms. The van der Waals surface area contributed by atoms with Gasteiger partial charge in [0.2, 0.25) is 5.91 Å². The second-order valence-electron chi connectivity index (χ2n) is 4.34. The highest BCUT2D eigenvalue weighted by molar-refractivity contribution is 6.09. The van der Waals surface area contributed by atoms with Gasteiger partial charge in [-0.25, -0.2) is 9.79 Å². The molecular weight excluding hydrogens is 267 g/mol. The van der Waals surface area contributed by atoms with Gasteiger partial charge in [0.15, 0.2) is 6.10 Å².